The van der Waals surface area contributed by atoms with E-state index in [-0.39, 0.29) is 11.9 Å². The minimum absolute atomic E-state index is 0.143. The summed E-state index contributed by atoms with van der Waals surface area (Å²) in [5.41, 5.74) is -0.575. The maximum absolute atomic E-state index is 11.6. The van der Waals surface area contributed by atoms with E-state index in [9.17, 15) is 9.59 Å². The van der Waals surface area contributed by atoms with Gasteiger partial charge in [0.05, 0.1) is 0 Å². The zero-order chi connectivity index (χ0) is 12.6. The van der Waals surface area contributed by atoms with Crippen molar-refractivity contribution in [3.05, 3.63) is 30.3 Å². The topological polar surface area (TPSA) is 58.2 Å². The molecular weight excluding hydrogens is 295 g/mol. The molecule has 3 rings (SSSR count). The van der Waals surface area contributed by atoms with Crippen molar-refractivity contribution in [3.63, 3.8) is 0 Å². The van der Waals surface area contributed by atoms with Crippen molar-refractivity contribution in [2.24, 2.45) is 5.92 Å². The summed E-state index contributed by atoms with van der Waals surface area (Å²) in [5, 5.41) is 6.21. The summed E-state index contributed by atoms with van der Waals surface area (Å²) in [6.07, 6.45) is 1.58. The third-order valence-electron chi connectivity index (χ3n) is 3.52. The Kier molecular flexibility index (Phi) is 2.88. The van der Waals surface area contributed by atoms with Crippen LogP contribution >= 0.6 is 0 Å². The molecule has 2 fully saturated rings. The van der Waals surface area contributed by atoms with Gasteiger partial charge < -0.3 is 0 Å². The van der Waals surface area contributed by atoms with Crippen LogP contribution in [0.1, 0.15) is 12.8 Å². The van der Waals surface area contributed by atoms with Crippen LogP contribution in [0.2, 0.25) is 5.32 Å². The molecular formula is C13H14N2O2Se. The number of carbonyl (C=O) groups is 2. The number of hydrogen-bond acceptors (Lipinski definition) is 2. The van der Waals surface area contributed by atoms with Gasteiger partial charge in [0.1, 0.15) is 0 Å². The van der Waals surface area contributed by atoms with Gasteiger partial charge in [-0.25, -0.2) is 0 Å². The quantitative estimate of drug-likeness (QED) is 0.628. The molecule has 5 heteroatoms. The third kappa shape index (κ3) is 2.04. The summed E-state index contributed by atoms with van der Waals surface area (Å²) in [4.78, 5) is 22.7. The number of amides is 3. The molecule has 1 saturated heterocycles. The molecule has 0 bridgehead atoms. The molecule has 1 aromatic rings. The first-order chi connectivity index (χ1) is 8.68. The van der Waals surface area contributed by atoms with Gasteiger partial charge in [0.15, 0.2) is 0 Å². The molecule has 4 nitrogen and oxygen atoms in total. The summed E-state index contributed by atoms with van der Waals surface area (Å²) in [6, 6.07) is 10.1. The Bertz CT molecular complexity index is 483. The van der Waals surface area contributed by atoms with E-state index in [2.05, 4.69) is 34.9 Å². The number of nitrogens with one attached hydrogen (secondary N) is 2. The third-order valence-corrected chi connectivity index (χ3v) is 6.13. The second-order valence-electron chi connectivity index (χ2n) is 4.89. The van der Waals surface area contributed by atoms with Crippen LogP contribution in [-0.2, 0) is 4.79 Å². The average Bonchev–Trinajstić information content (AvgIpc) is 2.62. The molecule has 0 atom stereocenters. The van der Waals surface area contributed by atoms with Crippen LogP contribution in [0.15, 0.2) is 30.3 Å². The number of benzene rings is 1. The molecule has 1 spiro atoms. The SMILES string of the molecule is O=C1NC(=O)C2(CC(C[Se]c3ccccc3)C2)N1. The van der Waals surface area contributed by atoms with Crippen molar-refractivity contribution in [2.75, 3.05) is 0 Å². The van der Waals surface area contributed by atoms with Crippen molar-refractivity contribution in [2.45, 2.75) is 23.7 Å². The minimum atomic E-state index is -0.575. The maximum atomic E-state index is 11.6. The first-order valence-corrected chi connectivity index (χ1v) is 8.06. The molecule has 0 radical (unpaired) electrons. The van der Waals surface area contributed by atoms with Crippen LogP contribution in [0.5, 0.6) is 0 Å². The summed E-state index contributed by atoms with van der Waals surface area (Å²) in [5.74, 6) is 0.422. The van der Waals surface area contributed by atoms with Crippen molar-refractivity contribution >= 4 is 31.4 Å². The first kappa shape index (κ1) is 11.8. The van der Waals surface area contributed by atoms with E-state index >= 15 is 0 Å². The second-order valence-corrected chi connectivity index (χ2v) is 7.18. The monoisotopic (exact) mass is 310 g/mol. The molecule has 1 aliphatic heterocycles. The van der Waals surface area contributed by atoms with E-state index in [0.717, 1.165) is 18.2 Å². The van der Waals surface area contributed by atoms with Crippen molar-refractivity contribution in [3.8, 4) is 0 Å². The summed E-state index contributed by atoms with van der Waals surface area (Å²) in [7, 11) is 0. The van der Waals surface area contributed by atoms with Gasteiger partial charge in [-0.3, -0.25) is 0 Å². The fraction of sp³-hybridized carbons (Fsp3) is 0.385. The van der Waals surface area contributed by atoms with Gasteiger partial charge in [0, 0.05) is 0 Å². The van der Waals surface area contributed by atoms with Gasteiger partial charge in [-0.05, 0) is 0 Å². The predicted octanol–water partition coefficient (Wildman–Crippen LogP) is 0.423. The Morgan fingerprint density at radius 2 is 1.94 bits per heavy atom. The first-order valence-electron chi connectivity index (χ1n) is 5.99. The van der Waals surface area contributed by atoms with Crippen LogP contribution in [-0.4, -0.2) is 32.4 Å². The van der Waals surface area contributed by atoms with Crippen molar-refractivity contribution < 1.29 is 9.59 Å². The number of imide groups is 1. The normalized spacial score (nSPS) is 29.9. The van der Waals surface area contributed by atoms with E-state index < -0.39 is 5.54 Å². The van der Waals surface area contributed by atoms with E-state index in [1.54, 1.807) is 0 Å². The Morgan fingerprint density at radius 1 is 1.22 bits per heavy atom. The Hall–Kier alpha value is -1.32. The fourth-order valence-electron chi connectivity index (χ4n) is 2.59. The summed E-state index contributed by atoms with van der Waals surface area (Å²) < 4.78 is 1.39. The average molecular weight is 309 g/mol. The van der Waals surface area contributed by atoms with Crippen molar-refractivity contribution in [1.29, 1.82) is 0 Å². The standard InChI is InChI=1S/C13H14N2O2Se/c16-11-13(15-12(17)14-11)6-9(7-13)8-18-10-4-2-1-3-5-10/h1-5,9H,6-8H2,(H2,14,15,16,17). The number of hydrogen-bond donors (Lipinski definition) is 2. The van der Waals surface area contributed by atoms with Gasteiger partial charge in [0.25, 0.3) is 0 Å². The van der Waals surface area contributed by atoms with Gasteiger partial charge in [-0.1, -0.05) is 0 Å². The molecule has 18 heavy (non-hydrogen) atoms. The molecule has 0 aromatic heterocycles. The number of carbonyl (C=O) groups excluding carboxylic acids is 2. The zero-order valence-electron chi connectivity index (χ0n) is 9.81. The molecule has 1 saturated carbocycles. The van der Waals surface area contributed by atoms with Gasteiger partial charge in [0.2, 0.25) is 0 Å². The van der Waals surface area contributed by atoms with E-state index in [4.69, 9.17) is 0 Å². The van der Waals surface area contributed by atoms with Gasteiger partial charge in [-0.15, -0.1) is 0 Å². The molecule has 1 heterocycles. The van der Waals surface area contributed by atoms with Gasteiger partial charge in [-0.2, -0.15) is 0 Å². The van der Waals surface area contributed by atoms with Crippen LogP contribution in [0.25, 0.3) is 0 Å². The zero-order valence-corrected chi connectivity index (χ0v) is 11.5. The molecule has 2 aliphatic rings. The van der Waals surface area contributed by atoms with Crippen LogP contribution in [0.3, 0.4) is 0 Å². The number of urea groups is 1. The Morgan fingerprint density at radius 3 is 2.56 bits per heavy atom. The molecule has 2 N–H and O–H groups in total. The fourth-order valence-corrected chi connectivity index (χ4v) is 4.72. The predicted molar refractivity (Wildman–Crippen MR) is 68.8 cm³/mol. The summed E-state index contributed by atoms with van der Waals surface area (Å²) in [6.45, 7) is 0. The van der Waals surface area contributed by atoms with Crippen LogP contribution in [0, 0.1) is 5.92 Å². The van der Waals surface area contributed by atoms with E-state index in [1.165, 1.54) is 4.46 Å². The number of rotatable bonds is 3. The Balaban J connectivity index is 1.51. The molecule has 0 unspecified atom stereocenters. The molecule has 3 amide bonds. The van der Waals surface area contributed by atoms with E-state index in [0.29, 0.717) is 20.9 Å². The van der Waals surface area contributed by atoms with Gasteiger partial charge >= 0.3 is 112 Å². The van der Waals surface area contributed by atoms with Crippen LogP contribution in [0.4, 0.5) is 4.79 Å². The molecule has 94 valence electrons. The van der Waals surface area contributed by atoms with Crippen LogP contribution < -0.4 is 15.1 Å². The molecule has 1 aliphatic carbocycles. The Labute approximate surface area is 112 Å². The summed E-state index contributed by atoms with van der Waals surface area (Å²) >= 11 is 0.465. The second kappa shape index (κ2) is 4.41. The van der Waals surface area contributed by atoms with E-state index in [1.807, 2.05) is 6.07 Å². The van der Waals surface area contributed by atoms with Crippen molar-refractivity contribution in [1.82, 2.24) is 10.6 Å². The molecule has 1 aromatic carbocycles.